The first-order chi connectivity index (χ1) is 10.2. The monoisotopic (exact) mass is 349 g/mol. The molecule has 0 fully saturated rings. The maximum absolute atomic E-state index is 13.0. The average Bonchev–Trinajstić information content (AvgIpc) is 2.49. The Bertz CT molecular complexity index is 553. The fourth-order valence-electron chi connectivity index (χ4n) is 2.49. The average molecular weight is 350 g/mol. The van der Waals surface area contributed by atoms with E-state index < -0.39 is 0 Å². The lowest BCUT2D eigenvalue weighted by Gasteiger charge is -2.18. The zero-order valence-electron chi connectivity index (χ0n) is 12.3. The molecule has 1 N–H and O–H groups in total. The first-order valence-corrected chi connectivity index (χ1v) is 8.17. The second-order valence-electron chi connectivity index (χ2n) is 5.30. The van der Waals surface area contributed by atoms with Gasteiger partial charge in [-0.15, -0.1) is 0 Å². The highest BCUT2D eigenvalue weighted by Gasteiger charge is 2.12. The Morgan fingerprint density at radius 2 is 1.76 bits per heavy atom. The molecule has 0 heterocycles. The molecule has 0 saturated carbocycles. The molecule has 1 atom stereocenters. The third-order valence-electron chi connectivity index (χ3n) is 3.59. The molecule has 0 amide bonds. The van der Waals surface area contributed by atoms with Crippen LogP contribution < -0.4 is 5.32 Å². The maximum atomic E-state index is 13.0. The first-order valence-electron chi connectivity index (χ1n) is 7.37. The van der Waals surface area contributed by atoms with Crippen LogP contribution >= 0.6 is 15.9 Å². The van der Waals surface area contributed by atoms with Crippen LogP contribution in [0.1, 0.15) is 18.1 Å². The maximum Gasteiger partial charge on any atom is 0.123 e. The predicted molar refractivity (Wildman–Crippen MR) is 90.0 cm³/mol. The van der Waals surface area contributed by atoms with Crippen LogP contribution in [0.5, 0.6) is 0 Å². The number of benzene rings is 2. The van der Waals surface area contributed by atoms with E-state index in [0.29, 0.717) is 5.92 Å². The van der Waals surface area contributed by atoms with Gasteiger partial charge in [-0.25, -0.2) is 4.39 Å². The standard InChI is InChI=1S/C18H21BrFN/c1-2-21-13-15(11-14-7-9-17(20)10-8-14)12-16-5-3-4-6-18(16)19/h3-10,15,21H,2,11-13H2,1H3. The van der Waals surface area contributed by atoms with Crippen LogP contribution in [0.15, 0.2) is 53.0 Å². The van der Waals surface area contributed by atoms with E-state index in [-0.39, 0.29) is 5.82 Å². The van der Waals surface area contributed by atoms with Gasteiger partial charge >= 0.3 is 0 Å². The van der Waals surface area contributed by atoms with E-state index in [4.69, 9.17) is 0 Å². The second-order valence-corrected chi connectivity index (χ2v) is 6.15. The fourth-order valence-corrected chi connectivity index (χ4v) is 2.94. The highest BCUT2D eigenvalue weighted by molar-refractivity contribution is 9.10. The zero-order valence-corrected chi connectivity index (χ0v) is 13.9. The van der Waals surface area contributed by atoms with E-state index >= 15 is 0 Å². The van der Waals surface area contributed by atoms with Crippen LogP contribution in [0.4, 0.5) is 4.39 Å². The van der Waals surface area contributed by atoms with Gasteiger partial charge in [0.25, 0.3) is 0 Å². The van der Waals surface area contributed by atoms with Crippen LogP contribution in [0.3, 0.4) is 0 Å². The van der Waals surface area contributed by atoms with Gasteiger partial charge < -0.3 is 5.32 Å². The third-order valence-corrected chi connectivity index (χ3v) is 4.36. The van der Waals surface area contributed by atoms with E-state index in [9.17, 15) is 4.39 Å². The summed E-state index contributed by atoms with van der Waals surface area (Å²) < 4.78 is 14.2. The minimum atomic E-state index is -0.173. The van der Waals surface area contributed by atoms with Crippen molar-refractivity contribution in [1.82, 2.24) is 5.32 Å². The summed E-state index contributed by atoms with van der Waals surface area (Å²) in [6.07, 6.45) is 1.96. The SMILES string of the molecule is CCNCC(Cc1ccc(F)cc1)Cc1ccccc1Br. The van der Waals surface area contributed by atoms with Gasteiger partial charge in [-0.1, -0.05) is 53.2 Å². The highest BCUT2D eigenvalue weighted by atomic mass is 79.9. The Morgan fingerprint density at radius 1 is 1.05 bits per heavy atom. The first kappa shape index (κ1) is 16.2. The molecule has 0 aromatic heterocycles. The van der Waals surface area contributed by atoms with E-state index in [1.807, 2.05) is 18.2 Å². The molecule has 1 unspecified atom stereocenters. The van der Waals surface area contributed by atoms with E-state index in [1.165, 1.54) is 23.3 Å². The third kappa shape index (κ3) is 5.25. The minimum Gasteiger partial charge on any atom is -0.317 e. The molecule has 3 heteroatoms. The van der Waals surface area contributed by atoms with Crippen molar-refractivity contribution in [1.29, 1.82) is 0 Å². The molecular formula is C18H21BrFN. The molecule has 0 aliphatic rings. The Morgan fingerprint density at radius 3 is 2.43 bits per heavy atom. The summed E-state index contributed by atoms with van der Waals surface area (Å²) in [5, 5.41) is 3.43. The lowest BCUT2D eigenvalue weighted by Crippen LogP contribution is -2.25. The highest BCUT2D eigenvalue weighted by Crippen LogP contribution is 2.21. The molecule has 0 radical (unpaired) electrons. The molecule has 0 aliphatic heterocycles. The van der Waals surface area contributed by atoms with Crippen LogP contribution in [0.2, 0.25) is 0 Å². The van der Waals surface area contributed by atoms with Crippen molar-refractivity contribution >= 4 is 15.9 Å². The Kier molecular flexibility index (Phi) is 6.40. The molecule has 0 aliphatic carbocycles. The summed E-state index contributed by atoms with van der Waals surface area (Å²) in [5.74, 6) is 0.321. The van der Waals surface area contributed by atoms with Crippen LogP contribution in [-0.2, 0) is 12.8 Å². The molecule has 0 saturated heterocycles. The molecule has 2 aromatic carbocycles. The van der Waals surface area contributed by atoms with Crippen LogP contribution in [0.25, 0.3) is 0 Å². The number of rotatable bonds is 7. The van der Waals surface area contributed by atoms with Gasteiger partial charge in [0.1, 0.15) is 5.82 Å². The summed E-state index contributed by atoms with van der Waals surface area (Å²) in [5.41, 5.74) is 2.51. The van der Waals surface area contributed by atoms with Crippen molar-refractivity contribution in [3.63, 3.8) is 0 Å². The number of nitrogens with one attached hydrogen (secondary N) is 1. The van der Waals surface area contributed by atoms with Gasteiger partial charge in [-0.2, -0.15) is 0 Å². The molecular weight excluding hydrogens is 329 g/mol. The van der Waals surface area contributed by atoms with Crippen molar-refractivity contribution in [2.45, 2.75) is 19.8 Å². The van der Waals surface area contributed by atoms with Crippen molar-refractivity contribution in [2.75, 3.05) is 13.1 Å². The van der Waals surface area contributed by atoms with Gasteiger partial charge in [0.2, 0.25) is 0 Å². The van der Waals surface area contributed by atoms with Crippen LogP contribution in [-0.4, -0.2) is 13.1 Å². The minimum absolute atomic E-state index is 0.173. The summed E-state index contributed by atoms with van der Waals surface area (Å²) in [6, 6.07) is 15.2. The smallest absolute Gasteiger partial charge is 0.123 e. The van der Waals surface area contributed by atoms with Gasteiger partial charge in [0, 0.05) is 4.47 Å². The number of halogens is 2. The molecule has 21 heavy (non-hydrogen) atoms. The van der Waals surface area contributed by atoms with Crippen molar-refractivity contribution in [2.24, 2.45) is 5.92 Å². The lowest BCUT2D eigenvalue weighted by atomic mass is 9.92. The van der Waals surface area contributed by atoms with Crippen molar-refractivity contribution < 1.29 is 4.39 Å². The number of hydrogen-bond acceptors (Lipinski definition) is 1. The summed E-state index contributed by atoms with van der Waals surface area (Å²) in [4.78, 5) is 0. The topological polar surface area (TPSA) is 12.0 Å². The van der Waals surface area contributed by atoms with Gasteiger partial charge in [0.15, 0.2) is 0 Å². The second kappa shape index (κ2) is 8.30. The van der Waals surface area contributed by atoms with Gasteiger partial charge in [-0.3, -0.25) is 0 Å². The molecule has 0 spiro atoms. The molecule has 1 nitrogen and oxygen atoms in total. The zero-order chi connectivity index (χ0) is 15.1. The van der Waals surface area contributed by atoms with E-state index in [1.54, 1.807) is 0 Å². The van der Waals surface area contributed by atoms with E-state index in [0.717, 1.165) is 30.4 Å². The normalized spacial score (nSPS) is 12.3. The van der Waals surface area contributed by atoms with E-state index in [2.05, 4.69) is 46.4 Å². The molecule has 2 rings (SSSR count). The molecule has 0 bridgehead atoms. The predicted octanol–water partition coefficient (Wildman–Crippen LogP) is 4.60. The Hall–Kier alpha value is -1.19. The quantitative estimate of drug-likeness (QED) is 0.770. The van der Waals surface area contributed by atoms with Gasteiger partial charge in [0.05, 0.1) is 0 Å². The summed E-state index contributed by atoms with van der Waals surface area (Å²) in [7, 11) is 0. The lowest BCUT2D eigenvalue weighted by molar-refractivity contribution is 0.477. The van der Waals surface area contributed by atoms with Crippen molar-refractivity contribution in [3.05, 3.63) is 69.9 Å². The molecule has 112 valence electrons. The molecule has 2 aromatic rings. The summed E-state index contributed by atoms with van der Waals surface area (Å²) >= 11 is 3.62. The van der Waals surface area contributed by atoms with Crippen LogP contribution in [0, 0.1) is 11.7 Å². The Labute approximate surface area is 134 Å². The summed E-state index contributed by atoms with van der Waals surface area (Å²) in [6.45, 7) is 4.05. The number of hydrogen-bond donors (Lipinski definition) is 1. The fraction of sp³-hybridized carbons (Fsp3) is 0.333. The largest absolute Gasteiger partial charge is 0.317 e. The van der Waals surface area contributed by atoms with Gasteiger partial charge in [-0.05, 0) is 61.2 Å². The Balaban J connectivity index is 2.07. The van der Waals surface area contributed by atoms with Crippen molar-refractivity contribution in [3.8, 4) is 0 Å².